The van der Waals surface area contributed by atoms with Gasteiger partial charge in [0, 0.05) is 29.7 Å². The van der Waals surface area contributed by atoms with Crippen LogP contribution in [0.1, 0.15) is 25.8 Å². The van der Waals surface area contributed by atoms with Crippen LogP contribution < -0.4 is 9.62 Å². The van der Waals surface area contributed by atoms with E-state index in [0.29, 0.717) is 13.0 Å². The summed E-state index contributed by atoms with van der Waals surface area (Å²) < 4.78 is 29.1. The summed E-state index contributed by atoms with van der Waals surface area (Å²) in [5, 5.41) is 13.9. The van der Waals surface area contributed by atoms with Crippen molar-refractivity contribution in [2.24, 2.45) is 0 Å². The van der Waals surface area contributed by atoms with E-state index < -0.39 is 33.4 Å². The Morgan fingerprint density at radius 1 is 1.00 bits per heavy atom. The monoisotopic (exact) mass is 616 g/mol. The lowest BCUT2D eigenvalue weighted by Gasteiger charge is -2.32. The number of carbonyl (C=O) groups excluding carboxylic acids is 2. The summed E-state index contributed by atoms with van der Waals surface area (Å²) in [6, 6.07) is 18.8. The van der Waals surface area contributed by atoms with E-state index in [1.54, 1.807) is 37.3 Å². The second kappa shape index (κ2) is 13.3. The van der Waals surface area contributed by atoms with Crippen LogP contribution in [0.4, 0.5) is 11.4 Å². The number of carbonyl (C=O) groups is 2. The maximum Gasteiger partial charge on any atom is 0.269 e. The van der Waals surface area contributed by atoms with Crippen LogP contribution in [0.25, 0.3) is 0 Å². The summed E-state index contributed by atoms with van der Waals surface area (Å²) in [5.74, 6) is -0.981. The molecule has 0 bridgehead atoms. The third kappa shape index (κ3) is 7.64. The van der Waals surface area contributed by atoms with Gasteiger partial charge in [0.2, 0.25) is 11.8 Å². The number of anilines is 1. The zero-order valence-corrected chi connectivity index (χ0v) is 23.9. The third-order valence-electron chi connectivity index (χ3n) is 5.94. The predicted octanol–water partition coefficient (Wildman–Crippen LogP) is 4.50. The number of rotatable bonds is 12. The van der Waals surface area contributed by atoms with Crippen molar-refractivity contribution in [2.75, 3.05) is 17.4 Å². The van der Waals surface area contributed by atoms with Gasteiger partial charge in [0.25, 0.3) is 15.7 Å². The summed E-state index contributed by atoms with van der Waals surface area (Å²) in [4.78, 5) is 38.5. The van der Waals surface area contributed by atoms with Crippen LogP contribution in [0.2, 0.25) is 0 Å². The fraction of sp³-hybridized carbons (Fsp3) is 0.259. The molecular weight excluding hydrogens is 588 g/mol. The summed E-state index contributed by atoms with van der Waals surface area (Å²) in [6.45, 7) is 3.36. The van der Waals surface area contributed by atoms with Gasteiger partial charge >= 0.3 is 0 Å². The molecule has 0 unspecified atom stereocenters. The quantitative estimate of drug-likeness (QED) is 0.236. The molecule has 0 saturated carbocycles. The molecule has 0 radical (unpaired) electrons. The molecule has 0 aliphatic heterocycles. The van der Waals surface area contributed by atoms with Gasteiger partial charge in [-0.1, -0.05) is 53.2 Å². The minimum absolute atomic E-state index is 0.0515. The first-order valence-corrected chi connectivity index (χ1v) is 14.4. The average molecular weight is 618 g/mol. The number of nitrogens with zero attached hydrogens (tertiary/aromatic N) is 3. The highest BCUT2D eigenvalue weighted by molar-refractivity contribution is 9.10. The molecule has 1 atom stereocenters. The molecule has 0 aliphatic carbocycles. The van der Waals surface area contributed by atoms with Crippen LogP contribution in [0.5, 0.6) is 0 Å². The molecule has 0 aromatic heterocycles. The molecule has 3 aromatic carbocycles. The molecule has 2 amide bonds. The van der Waals surface area contributed by atoms with Crippen molar-refractivity contribution in [1.29, 1.82) is 0 Å². The minimum atomic E-state index is -4.25. The van der Waals surface area contributed by atoms with Gasteiger partial charge in [0.05, 0.1) is 15.5 Å². The molecule has 0 spiro atoms. The van der Waals surface area contributed by atoms with Crippen LogP contribution in [-0.4, -0.2) is 49.2 Å². The van der Waals surface area contributed by atoms with E-state index in [4.69, 9.17) is 0 Å². The van der Waals surface area contributed by atoms with E-state index >= 15 is 0 Å². The molecule has 0 heterocycles. The lowest BCUT2D eigenvalue weighted by molar-refractivity contribution is -0.384. The number of nitro benzene ring substituents is 1. The van der Waals surface area contributed by atoms with Crippen LogP contribution in [-0.2, 0) is 26.2 Å². The van der Waals surface area contributed by atoms with Crippen molar-refractivity contribution < 1.29 is 22.9 Å². The normalized spacial score (nSPS) is 11.9. The molecule has 1 N–H and O–H groups in total. The second-order valence-corrected chi connectivity index (χ2v) is 11.5. The predicted molar refractivity (Wildman–Crippen MR) is 152 cm³/mol. The minimum Gasteiger partial charge on any atom is -0.354 e. The average Bonchev–Trinajstić information content (AvgIpc) is 2.94. The number of hydrogen-bond donors (Lipinski definition) is 1. The number of benzene rings is 3. The van der Waals surface area contributed by atoms with E-state index in [2.05, 4.69) is 21.2 Å². The van der Waals surface area contributed by atoms with Crippen LogP contribution >= 0.6 is 15.9 Å². The molecule has 0 fully saturated rings. The summed E-state index contributed by atoms with van der Waals surface area (Å²) in [5.41, 5.74) is 0.596. The number of nitro groups is 1. The van der Waals surface area contributed by atoms with Crippen molar-refractivity contribution in [2.45, 2.75) is 37.8 Å². The van der Waals surface area contributed by atoms with E-state index in [1.807, 2.05) is 19.1 Å². The van der Waals surface area contributed by atoms with Gasteiger partial charge in [-0.25, -0.2) is 8.42 Å². The molecule has 12 heteroatoms. The fourth-order valence-electron chi connectivity index (χ4n) is 3.75. The van der Waals surface area contributed by atoms with Gasteiger partial charge in [-0.2, -0.15) is 0 Å². The first kappa shape index (κ1) is 29.8. The third-order valence-corrected chi connectivity index (χ3v) is 8.26. The molecule has 3 aromatic rings. The Labute approximate surface area is 236 Å². The van der Waals surface area contributed by atoms with E-state index in [0.717, 1.165) is 14.3 Å². The Kier molecular flexibility index (Phi) is 10.2. The summed E-state index contributed by atoms with van der Waals surface area (Å²) in [6.07, 6.45) is 0.711. The van der Waals surface area contributed by atoms with Gasteiger partial charge < -0.3 is 10.2 Å². The fourth-order valence-corrected chi connectivity index (χ4v) is 5.45. The highest BCUT2D eigenvalue weighted by atomic mass is 79.9. The molecule has 39 heavy (non-hydrogen) atoms. The van der Waals surface area contributed by atoms with Gasteiger partial charge in [-0.3, -0.25) is 24.0 Å². The van der Waals surface area contributed by atoms with Crippen LogP contribution in [0, 0.1) is 10.1 Å². The SMILES string of the molecule is CCCNC(=O)[C@H](C)N(Cc1ccc(Br)cc1)C(=O)CN(c1ccc([N+](=O)[O-])cc1)S(=O)(=O)c1ccccc1. The number of nitrogens with one attached hydrogen (secondary N) is 1. The van der Waals surface area contributed by atoms with Gasteiger partial charge in [-0.05, 0) is 55.3 Å². The van der Waals surface area contributed by atoms with E-state index in [9.17, 15) is 28.1 Å². The van der Waals surface area contributed by atoms with Gasteiger partial charge in [-0.15, -0.1) is 0 Å². The number of sulfonamides is 1. The molecule has 10 nitrogen and oxygen atoms in total. The van der Waals surface area contributed by atoms with Gasteiger partial charge in [0.15, 0.2) is 0 Å². The highest BCUT2D eigenvalue weighted by Crippen LogP contribution is 2.26. The molecule has 0 aliphatic rings. The standard InChI is InChI=1S/C27H29BrN4O6S/c1-3-17-29-27(34)20(2)30(18-21-9-11-22(28)12-10-21)26(33)19-31(23-13-15-24(16-14-23)32(35)36)39(37,38)25-7-5-4-6-8-25/h4-16,20H,3,17-19H2,1-2H3,(H,29,34)/t20-/m0/s1. The lowest BCUT2D eigenvalue weighted by Crippen LogP contribution is -2.51. The Bertz CT molecular complexity index is 1400. The van der Waals surface area contributed by atoms with Gasteiger partial charge in [0.1, 0.15) is 12.6 Å². The zero-order valence-electron chi connectivity index (χ0n) is 21.5. The summed E-state index contributed by atoms with van der Waals surface area (Å²) >= 11 is 3.38. The van der Waals surface area contributed by atoms with E-state index in [1.165, 1.54) is 41.3 Å². The Morgan fingerprint density at radius 3 is 2.18 bits per heavy atom. The Morgan fingerprint density at radius 2 is 1.62 bits per heavy atom. The first-order valence-electron chi connectivity index (χ1n) is 12.2. The van der Waals surface area contributed by atoms with Crippen molar-refractivity contribution >= 4 is 49.1 Å². The number of hydrogen-bond acceptors (Lipinski definition) is 6. The molecule has 0 saturated heterocycles. The molecule has 206 valence electrons. The maximum atomic E-state index is 13.8. The number of halogens is 1. The number of amides is 2. The smallest absolute Gasteiger partial charge is 0.269 e. The topological polar surface area (TPSA) is 130 Å². The molecular formula is C27H29BrN4O6S. The lowest BCUT2D eigenvalue weighted by atomic mass is 10.1. The van der Waals surface area contributed by atoms with Crippen molar-refractivity contribution in [1.82, 2.24) is 10.2 Å². The zero-order chi connectivity index (χ0) is 28.6. The van der Waals surface area contributed by atoms with Crippen molar-refractivity contribution in [3.8, 4) is 0 Å². The van der Waals surface area contributed by atoms with Crippen LogP contribution in [0.3, 0.4) is 0 Å². The molecule has 3 rings (SSSR count). The first-order chi connectivity index (χ1) is 18.5. The van der Waals surface area contributed by atoms with Crippen molar-refractivity contribution in [3.05, 3.63) is 99.0 Å². The maximum absolute atomic E-state index is 13.8. The Hall–Kier alpha value is -3.77. The van der Waals surface area contributed by atoms with Crippen molar-refractivity contribution in [3.63, 3.8) is 0 Å². The van der Waals surface area contributed by atoms with Crippen LogP contribution in [0.15, 0.2) is 88.2 Å². The summed E-state index contributed by atoms with van der Waals surface area (Å²) in [7, 11) is -4.25. The second-order valence-electron chi connectivity index (χ2n) is 8.71. The Balaban J connectivity index is 2.02. The highest BCUT2D eigenvalue weighted by Gasteiger charge is 2.32. The van der Waals surface area contributed by atoms with E-state index in [-0.39, 0.29) is 28.7 Å². The number of non-ortho nitro benzene ring substituents is 1. The largest absolute Gasteiger partial charge is 0.354 e.